The number of aliphatic imine (C=N–C) groups is 2. The van der Waals surface area contributed by atoms with Crippen molar-refractivity contribution in [1.82, 2.24) is 9.88 Å². The van der Waals surface area contributed by atoms with Gasteiger partial charge in [-0.05, 0) is 108 Å². The van der Waals surface area contributed by atoms with Gasteiger partial charge >= 0.3 is 0 Å². The molecule has 87 heavy (non-hydrogen) atoms. The van der Waals surface area contributed by atoms with E-state index in [1.54, 1.807) is 0 Å². The molecule has 6 aromatic rings. The third-order valence-electron chi connectivity index (χ3n) is 15.4. The third kappa shape index (κ3) is 14.0. The van der Waals surface area contributed by atoms with E-state index in [0.29, 0.717) is 31.7 Å². The van der Waals surface area contributed by atoms with Crippen LogP contribution in [0.4, 0.5) is 11.4 Å². The molecule has 6 aliphatic rings. The monoisotopic (exact) mass is 1130 g/mol. The molecule has 0 bridgehead atoms. The molecule has 0 radical (unpaired) electrons. The summed E-state index contributed by atoms with van der Waals surface area (Å²) >= 11 is 0. The van der Waals surface area contributed by atoms with Gasteiger partial charge in [0.15, 0.2) is 11.5 Å². The fourth-order valence-electron chi connectivity index (χ4n) is 11.4. The number of aromatic nitrogens is 1. The lowest BCUT2D eigenvalue weighted by molar-refractivity contribution is 0.424. The Morgan fingerprint density at radius 1 is 0.793 bits per heavy atom. The maximum Gasteiger partial charge on any atom is 0.193 e. The Hall–Kier alpha value is -10.6. The number of nitrogens with zero attached hydrogens (tertiary/aromatic N) is 5. The highest BCUT2D eigenvalue weighted by Crippen LogP contribution is 2.43. The number of anilines is 2. The lowest BCUT2D eigenvalue weighted by atomic mass is 9.90. The highest BCUT2D eigenvalue weighted by molar-refractivity contribution is 6.12. The summed E-state index contributed by atoms with van der Waals surface area (Å²) in [5.74, 6) is 2.42. The summed E-state index contributed by atoms with van der Waals surface area (Å²) in [6.07, 6.45) is 61.1. The molecule has 12 rings (SSSR count). The molecule has 1 aromatic heterocycles. The maximum absolute atomic E-state index is 6.50. The second kappa shape index (κ2) is 29.7. The summed E-state index contributed by atoms with van der Waals surface area (Å²) in [6, 6.07) is 49.4. The standard InChI is InChI=1S/C76H66N6O.C2H6.C2H2/c1-3-4-10-34-63-55-80(66-38-21-19-32-60(50-66)68-39-25-35-62(54-79-68)58-28-13-8-14-29-58)76(67(63)51-64(59-30-15-9-16-31-59)49-56-26-11-7-12-27-56)72-52-61-33-20-22-40-69(61)82(72)75(77-2)47-48-78-53-57-43-45-71-74(46-44-57)83-73-42-24-23-41-70(73)81(71)65-36-17-5-6-18-37-65;2*1-2/h3-17,19-37,39-45,47-48,50-51,55,64,77H,18,38,49,52-54H2,1-2H3;1-2H3;1-2H/b4-3-,34-10-,67-51?,75-47+,76-72-,78-48?;;. The Labute approximate surface area is 514 Å². The normalized spacial score (nSPS) is 17.2. The minimum atomic E-state index is 0.0529. The predicted molar refractivity (Wildman–Crippen MR) is 369 cm³/mol. The van der Waals surface area contributed by atoms with Crippen molar-refractivity contribution in [2.75, 3.05) is 29.9 Å². The van der Waals surface area contributed by atoms with E-state index in [1.165, 1.54) is 33.0 Å². The predicted octanol–water partition coefficient (Wildman–Crippen LogP) is 16.4. The third-order valence-corrected chi connectivity index (χ3v) is 15.4. The SMILES string of the molecule is C#C.C/C=C\C=C/c1cn(C2=CC(C3=NCC(c4ccccc4)=CC=C3)=CC=CC2)/c(=C2/Cc3ccccc3N2/C(=C/C=NCC2=CC=C3C(=C=C2)Oc2ccccc2N3C2=CCC=CC=C2)NC)c1=CC(Cc1ccccc1)c1ccccc1.CC. The molecule has 4 heterocycles. The number of terminal acetylenes is 1. The molecule has 0 saturated carbocycles. The van der Waals surface area contributed by atoms with Crippen molar-refractivity contribution in [1.29, 1.82) is 0 Å². The Kier molecular flexibility index (Phi) is 20.3. The van der Waals surface area contributed by atoms with Crippen molar-refractivity contribution in [3.63, 3.8) is 0 Å². The van der Waals surface area contributed by atoms with Gasteiger partial charge in [-0.15, -0.1) is 12.8 Å². The first kappa shape index (κ1) is 59.5. The van der Waals surface area contributed by atoms with Crippen molar-refractivity contribution in [3.05, 3.63) is 339 Å². The molecule has 1 atom stereocenters. The van der Waals surface area contributed by atoms with E-state index >= 15 is 0 Å². The molecule has 7 nitrogen and oxygen atoms in total. The van der Waals surface area contributed by atoms with E-state index in [2.05, 4.69) is 300 Å². The number of fused-ring (bicyclic) bond motifs is 3. The van der Waals surface area contributed by atoms with Crippen LogP contribution in [0.2, 0.25) is 0 Å². The second-order valence-electron chi connectivity index (χ2n) is 20.8. The molecule has 7 heteroatoms. The Bertz CT molecular complexity index is 4180. The van der Waals surface area contributed by atoms with Crippen molar-refractivity contribution in [2.24, 2.45) is 9.98 Å². The van der Waals surface area contributed by atoms with Crippen molar-refractivity contribution < 1.29 is 4.74 Å². The molecule has 0 fully saturated rings. The minimum absolute atomic E-state index is 0.0529. The van der Waals surface area contributed by atoms with E-state index in [-0.39, 0.29) is 5.92 Å². The van der Waals surface area contributed by atoms with Gasteiger partial charge in [-0.3, -0.25) is 14.9 Å². The smallest absolute Gasteiger partial charge is 0.193 e. The van der Waals surface area contributed by atoms with Crippen molar-refractivity contribution in [2.45, 2.75) is 52.4 Å². The first-order chi connectivity index (χ1) is 43.1. The zero-order chi connectivity index (χ0) is 60.2. The van der Waals surface area contributed by atoms with Gasteiger partial charge in [0, 0.05) is 66.0 Å². The zero-order valence-electron chi connectivity index (χ0n) is 50.2. The Morgan fingerprint density at radius 3 is 2.36 bits per heavy atom. The van der Waals surface area contributed by atoms with Crippen LogP contribution in [-0.2, 0) is 12.8 Å². The number of benzene rings is 5. The zero-order valence-corrected chi connectivity index (χ0v) is 50.2. The summed E-state index contributed by atoms with van der Waals surface area (Å²) in [5, 5.41) is 5.94. The van der Waals surface area contributed by atoms with E-state index < -0.39 is 0 Å². The van der Waals surface area contributed by atoms with Crippen molar-refractivity contribution in [3.8, 4) is 18.6 Å². The molecule has 1 N–H and O–H groups in total. The summed E-state index contributed by atoms with van der Waals surface area (Å²) in [5.41, 5.74) is 20.2. The molecule has 1 unspecified atom stereocenters. The van der Waals surface area contributed by atoms with Crippen LogP contribution in [-0.4, -0.2) is 36.6 Å². The van der Waals surface area contributed by atoms with Crippen LogP contribution >= 0.6 is 0 Å². The number of allylic oxidation sites excluding steroid dienone is 20. The van der Waals surface area contributed by atoms with Crippen LogP contribution in [0.15, 0.2) is 311 Å². The lowest BCUT2D eigenvalue weighted by Gasteiger charge is -2.34. The summed E-state index contributed by atoms with van der Waals surface area (Å²) < 4.78 is 8.97. The molecule has 3 aliphatic carbocycles. The van der Waals surface area contributed by atoms with Gasteiger partial charge in [-0.2, -0.15) is 0 Å². The van der Waals surface area contributed by atoms with Crippen LogP contribution in [0.5, 0.6) is 5.75 Å². The molecule has 3 aliphatic heterocycles. The van der Waals surface area contributed by atoms with Crippen molar-refractivity contribution >= 4 is 52.4 Å². The van der Waals surface area contributed by atoms with Crippen LogP contribution in [0, 0.1) is 12.8 Å². The molecular formula is C80H74N6O. The van der Waals surface area contributed by atoms with Gasteiger partial charge in [0.25, 0.3) is 0 Å². The van der Waals surface area contributed by atoms with Gasteiger partial charge in [0.1, 0.15) is 5.82 Å². The van der Waals surface area contributed by atoms with Gasteiger partial charge in [-0.25, -0.2) is 0 Å². The highest BCUT2D eigenvalue weighted by atomic mass is 16.5. The van der Waals surface area contributed by atoms with E-state index in [9.17, 15) is 0 Å². The van der Waals surface area contributed by atoms with E-state index in [4.69, 9.17) is 14.7 Å². The van der Waals surface area contributed by atoms with Gasteiger partial charge in [0.2, 0.25) is 0 Å². The summed E-state index contributed by atoms with van der Waals surface area (Å²) in [7, 11) is 2.00. The first-order valence-electron chi connectivity index (χ1n) is 30.1. The molecule has 0 amide bonds. The van der Waals surface area contributed by atoms with Crippen LogP contribution in [0.25, 0.3) is 29.1 Å². The molecule has 0 spiro atoms. The van der Waals surface area contributed by atoms with E-state index in [1.807, 2.05) is 45.3 Å². The number of ether oxygens (including phenoxy) is 1. The molecule has 5 aromatic carbocycles. The Balaban J connectivity index is 0.00000205. The molecule has 430 valence electrons. The van der Waals surface area contributed by atoms with Crippen LogP contribution in [0.3, 0.4) is 0 Å². The fraction of sp³-hybridized carbons (Fsp3) is 0.138. The number of hydrogen-bond donors (Lipinski definition) is 1. The topological polar surface area (TPSA) is 57.4 Å². The number of nitrogens with one attached hydrogen (secondary N) is 1. The van der Waals surface area contributed by atoms with Gasteiger partial charge in [0.05, 0.1) is 46.9 Å². The average molecular weight is 1140 g/mol. The summed E-state index contributed by atoms with van der Waals surface area (Å²) in [4.78, 5) is 15.0. The lowest BCUT2D eigenvalue weighted by Crippen LogP contribution is -2.39. The average Bonchev–Trinajstić information content (AvgIpc) is 1.76. The highest BCUT2D eigenvalue weighted by Gasteiger charge is 2.31. The second-order valence-corrected chi connectivity index (χ2v) is 20.8. The van der Waals surface area contributed by atoms with Gasteiger partial charge < -0.3 is 19.5 Å². The van der Waals surface area contributed by atoms with E-state index in [0.717, 1.165) is 86.3 Å². The quantitative estimate of drug-likeness (QED) is 0.0482. The number of para-hydroxylation sites is 3. The number of rotatable bonds is 15. The first-order valence-corrected chi connectivity index (χ1v) is 30.1. The Morgan fingerprint density at radius 2 is 1.55 bits per heavy atom. The molecular weight excluding hydrogens is 1060 g/mol. The van der Waals surface area contributed by atoms with Crippen LogP contribution in [0.1, 0.15) is 67.3 Å². The van der Waals surface area contributed by atoms with Gasteiger partial charge in [-0.1, -0.05) is 232 Å². The molecule has 0 saturated heterocycles. The fourth-order valence-corrected chi connectivity index (χ4v) is 11.4. The minimum Gasteiger partial charge on any atom is -0.445 e. The number of hydrogen-bond acceptors (Lipinski definition) is 6. The summed E-state index contributed by atoms with van der Waals surface area (Å²) in [6.45, 7) is 7.09. The largest absolute Gasteiger partial charge is 0.445 e. The maximum atomic E-state index is 6.50. The van der Waals surface area contributed by atoms with Crippen LogP contribution < -0.4 is 30.4 Å².